The zero-order chi connectivity index (χ0) is 26.1. The van der Waals surface area contributed by atoms with Crippen molar-refractivity contribution in [3.8, 4) is 0 Å². The number of aromatic nitrogens is 2. The number of rotatable bonds is 7. The van der Waals surface area contributed by atoms with Crippen LogP contribution in [-0.2, 0) is 6.42 Å². The minimum absolute atomic E-state index is 0.00694. The van der Waals surface area contributed by atoms with E-state index in [9.17, 15) is 25.0 Å². The van der Waals surface area contributed by atoms with E-state index in [0.717, 1.165) is 6.42 Å². The van der Waals surface area contributed by atoms with Crippen LogP contribution in [0.3, 0.4) is 0 Å². The quantitative estimate of drug-likeness (QED) is 0.108. The average Bonchev–Trinajstić information content (AvgIpc) is 2.76. The van der Waals surface area contributed by atoms with Crippen LogP contribution in [0.2, 0.25) is 0 Å². The first-order valence-electron chi connectivity index (χ1n) is 10.3. The van der Waals surface area contributed by atoms with Gasteiger partial charge < -0.3 is 22.5 Å². The molecule has 8 N–H and O–H groups in total. The zero-order valence-corrected chi connectivity index (χ0v) is 19.0. The predicted octanol–water partition coefficient (Wildman–Crippen LogP) is 2.76. The van der Waals surface area contributed by atoms with Crippen LogP contribution >= 0.6 is 0 Å². The summed E-state index contributed by atoms with van der Waals surface area (Å²) in [6.45, 7) is 3.64. The summed E-state index contributed by atoms with van der Waals surface area (Å²) in [7, 11) is 0. The Labute approximate surface area is 199 Å². The van der Waals surface area contributed by atoms with Gasteiger partial charge in [-0.05, 0) is 31.5 Å². The first kappa shape index (κ1) is 26.2. The highest BCUT2D eigenvalue weighted by molar-refractivity contribution is 5.79. The van der Waals surface area contributed by atoms with E-state index in [1.807, 2.05) is 6.92 Å². The molecule has 0 unspecified atom stereocenters. The second-order valence-corrected chi connectivity index (χ2v) is 7.26. The molecule has 14 nitrogen and oxygen atoms in total. The van der Waals surface area contributed by atoms with Crippen LogP contribution < -0.4 is 28.1 Å². The van der Waals surface area contributed by atoms with E-state index in [4.69, 9.17) is 17.2 Å². The van der Waals surface area contributed by atoms with Crippen molar-refractivity contribution in [3.63, 3.8) is 0 Å². The molecule has 0 saturated heterocycles. The Morgan fingerprint density at radius 3 is 2.37 bits per heavy atom. The van der Waals surface area contributed by atoms with E-state index in [1.165, 1.54) is 24.3 Å². The van der Waals surface area contributed by atoms with Gasteiger partial charge >= 0.3 is 0 Å². The summed E-state index contributed by atoms with van der Waals surface area (Å²) in [6.07, 6.45) is 1.55. The SMILES string of the molecule is CCCc1cc(=O)[nH]c(Nc2ccc(N)c([N+](=O)[O-])c2)n1.Cc1ccc(N=C(N)N)cc1[N+](=O)[O-]. The van der Waals surface area contributed by atoms with Gasteiger partial charge in [0.15, 0.2) is 5.96 Å². The van der Waals surface area contributed by atoms with Gasteiger partial charge in [-0.1, -0.05) is 19.4 Å². The van der Waals surface area contributed by atoms with Crippen LogP contribution in [-0.4, -0.2) is 25.8 Å². The van der Waals surface area contributed by atoms with E-state index in [2.05, 4.69) is 20.3 Å². The number of anilines is 3. The number of nitrogens with zero attached hydrogens (tertiary/aromatic N) is 4. The first-order valence-corrected chi connectivity index (χ1v) is 10.3. The van der Waals surface area contributed by atoms with E-state index in [0.29, 0.717) is 29.1 Å². The standard InChI is InChI=1S/C13H15N5O3.C8H10N4O2/c1-2-3-8-7-12(19)17-13(15-8)16-9-4-5-10(14)11(6-9)18(20)21;1-5-2-3-6(11-8(9)10)4-7(5)12(13)14/h4-7H,2-3,14H2,1H3,(H2,15,16,17,19);2-4H,1H3,(H4,9,10,11). The molecule has 0 amide bonds. The topological polar surface area (TPSA) is 234 Å². The van der Waals surface area contributed by atoms with E-state index in [1.54, 1.807) is 25.1 Å². The van der Waals surface area contributed by atoms with Crippen LogP contribution in [0.25, 0.3) is 0 Å². The third-order valence-electron chi connectivity index (χ3n) is 4.44. The molecule has 0 radical (unpaired) electrons. The van der Waals surface area contributed by atoms with Crippen molar-refractivity contribution < 1.29 is 9.85 Å². The Balaban J connectivity index is 0.000000269. The molecule has 0 spiro atoms. The number of hydrogen-bond acceptors (Lipinski definition) is 9. The Bertz CT molecular complexity index is 1320. The van der Waals surface area contributed by atoms with Crippen LogP contribution in [0, 0.1) is 27.2 Å². The number of benzene rings is 2. The number of aliphatic imine (C=N–C) groups is 1. The number of guanidine groups is 1. The molecule has 0 saturated carbocycles. The number of nitro groups is 2. The highest BCUT2D eigenvalue weighted by atomic mass is 16.6. The molecule has 184 valence electrons. The molecule has 0 bridgehead atoms. The third kappa shape index (κ3) is 7.81. The summed E-state index contributed by atoms with van der Waals surface area (Å²) in [5, 5.41) is 24.2. The fraction of sp³-hybridized carbons (Fsp3) is 0.190. The van der Waals surface area contributed by atoms with Gasteiger partial charge in [0.2, 0.25) is 5.95 Å². The van der Waals surface area contributed by atoms with Gasteiger partial charge in [0.25, 0.3) is 16.9 Å². The Morgan fingerprint density at radius 2 is 1.77 bits per heavy atom. The molecule has 0 aliphatic heterocycles. The summed E-state index contributed by atoms with van der Waals surface area (Å²) >= 11 is 0. The Hall–Kier alpha value is -5.01. The maximum Gasteiger partial charge on any atom is 0.294 e. The van der Waals surface area contributed by atoms with Crippen LogP contribution in [0.15, 0.2) is 52.3 Å². The minimum Gasteiger partial charge on any atom is -0.393 e. The van der Waals surface area contributed by atoms with Crippen molar-refractivity contribution in [1.82, 2.24) is 9.97 Å². The van der Waals surface area contributed by atoms with Gasteiger partial charge in [-0.15, -0.1) is 0 Å². The fourth-order valence-corrected chi connectivity index (χ4v) is 2.88. The number of nitrogen functional groups attached to an aromatic ring is 1. The van der Waals surface area contributed by atoms with Crippen molar-refractivity contribution >= 4 is 40.3 Å². The smallest absolute Gasteiger partial charge is 0.294 e. The summed E-state index contributed by atoms with van der Waals surface area (Å²) in [6, 6.07) is 10.3. The van der Waals surface area contributed by atoms with Gasteiger partial charge in [0.05, 0.1) is 15.5 Å². The average molecular weight is 483 g/mol. The van der Waals surface area contributed by atoms with Crippen molar-refractivity contribution in [2.24, 2.45) is 16.5 Å². The number of nitro benzene ring substituents is 2. The third-order valence-corrected chi connectivity index (χ3v) is 4.44. The number of nitrogens with two attached hydrogens (primary N) is 3. The highest BCUT2D eigenvalue weighted by Gasteiger charge is 2.13. The number of nitrogens with one attached hydrogen (secondary N) is 2. The number of aryl methyl sites for hydroxylation is 2. The molecule has 0 aliphatic rings. The van der Waals surface area contributed by atoms with E-state index < -0.39 is 9.85 Å². The maximum absolute atomic E-state index is 11.5. The summed E-state index contributed by atoms with van der Waals surface area (Å²) < 4.78 is 0. The number of hydrogen-bond donors (Lipinski definition) is 5. The van der Waals surface area contributed by atoms with Gasteiger partial charge in [0.1, 0.15) is 5.69 Å². The molecule has 0 atom stereocenters. The van der Waals surface area contributed by atoms with Crippen molar-refractivity contribution in [2.45, 2.75) is 26.7 Å². The van der Waals surface area contributed by atoms with Gasteiger partial charge in [-0.2, -0.15) is 0 Å². The fourth-order valence-electron chi connectivity index (χ4n) is 2.88. The molecule has 1 heterocycles. The molecular formula is C21H25N9O5. The normalized spacial score (nSPS) is 10.0. The predicted molar refractivity (Wildman–Crippen MR) is 133 cm³/mol. The largest absolute Gasteiger partial charge is 0.393 e. The molecule has 0 aliphatic carbocycles. The number of H-pyrrole nitrogens is 1. The van der Waals surface area contributed by atoms with Crippen LogP contribution in [0.5, 0.6) is 0 Å². The monoisotopic (exact) mass is 483 g/mol. The molecule has 3 rings (SSSR count). The van der Waals surface area contributed by atoms with Crippen molar-refractivity contribution in [2.75, 3.05) is 11.1 Å². The minimum atomic E-state index is -0.565. The molecular weight excluding hydrogens is 458 g/mol. The van der Waals surface area contributed by atoms with Crippen LogP contribution in [0.1, 0.15) is 24.6 Å². The van der Waals surface area contributed by atoms with Crippen LogP contribution in [0.4, 0.5) is 34.4 Å². The molecule has 3 aromatic rings. The van der Waals surface area contributed by atoms with Gasteiger partial charge in [0, 0.05) is 35.1 Å². The summed E-state index contributed by atoms with van der Waals surface area (Å²) in [4.78, 5) is 42.4. The van der Waals surface area contributed by atoms with E-state index >= 15 is 0 Å². The highest BCUT2D eigenvalue weighted by Crippen LogP contribution is 2.26. The second kappa shape index (κ2) is 11.7. The maximum atomic E-state index is 11.5. The lowest BCUT2D eigenvalue weighted by Crippen LogP contribution is -2.21. The molecule has 14 heteroatoms. The Kier molecular flexibility index (Phi) is 8.80. The Morgan fingerprint density at radius 1 is 1.09 bits per heavy atom. The lowest BCUT2D eigenvalue weighted by molar-refractivity contribution is -0.385. The molecule has 1 aromatic heterocycles. The first-order chi connectivity index (χ1) is 16.5. The summed E-state index contributed by atoms with van der Waals surface area (Å²) in [5.74, 6) is 0.119. The lowest BCUT2D eigenvalue weighted by atomic mass is 10.2. The van der Waals surface area contributed by atoms with Crippen molar-refractivity contribution in [3.05, 3.63) is 84.3 Å². The number of aromatic amines is 1. The van der Waals surface area contributed by atoms with Gasteiger partial charge in [-0.25, -0.2) is 9.98 Å². The van der Waals surface area contributed by atoms with Gasteiger partial charge in [-0.3, -0.25) is 30.0 Å². The summed E-state index contributed by atoms with van der Waals surface area (Å²) in [5.41, 5.74) is 17.5. The van der Waals surface area contributed by atoms with E-state index in [-0.39, 0.29) is 34.5 Å². The molecule has 35 heavy (non-hydrogen) atoms. The zero-order valence-electron chi connectivity index (χ0n) is 19.0. The second-order valence-electron chi connectivity index (χ2n) is 7.26. The molecule has 0 fully saturated rings. The molecule has 2 aromatic carbocycles. The lowest BCUT2D eigenvalue weighted by Gasteiger charge is -2.07. The van der Waals surface area contributed by atoms with Crippen molar-refractivity contribution in [1.29, 1.82) is 0 Å².